The average Bonchev–Trinajstić information content (AvgIpc) is 2.60. The fraction of sp³-hybridized carbons (Fsp3) is 0.267. The lowest BCUT2D eigenvalue weighted by molar-refractivity contribution is -0.141. The van der Waals surface area contributed by atoms with Gasteiger partial charge in [-0.3, -0.25) is 23.7 Å². The summed E-state index contributed by atoms with van der Waals surface area (Å²) in [5, 5.41) is 2.89. The summed E-state index contributed by atoms with van der Waals surface area (Å²) >= 11 is 0.968. The smallest absolute Gasteiger partial charge is 0.325 e. The van der Waals surface area contributed by atoms with Gasteiger partial charge in [0, 0.05) is 0 Å². The van der Waals surface area contributed by atoms with Crippen LogP contribution >= 0.6 is 11.8 Å². The van der Waals surface area contributed by atoms with Crippen molar-refractivity contribution in [2.45, 2.75) is 11.7 Å². The van der Waals surface area contributed by atoms with Gasteiger partial charge in [0.25, 0.3) is 5.56 Å². The molecule has 3 N–H and O–H groups in total. The molecule has 0 saturated heterocycles. The van der Waals surface area contributed by atoms with Crippen LogP contribution in [-0.4, -0.2) is 46.7 Å². The van der Waals surface area contributed by atoms with Crippen molar-refractivity contribution in [1.82, 2.24) is 14.9 Å². The Balaban J connectivity index is 2.31. The number of aromatic nitrogens is 2. The monoisotopic (exact) mass is 364 g/mol. The fourth-order valence-corrected chi connectivity index (χ4v) is 2.79. The van der Waals surface area contributed by atoms with Crippen LogP contribution in [0, 0.1) is 0 Å². The number of nitrogens with zero attached hydrogens (tertiary/aromatic N) is 2. The standard InChI is InChI=1S/C15H16N4O5S/c1-24-13(22)7-19-14(23)9-4-2-3-5-10(9)18-15(19)25-8-12(21)17-6-11(16)20/h2-5H,6-8H2,1H3,(H2,16,20)(H,17,21). The highest BCUT2D eigenvalue weighted by molar-refractivity contribution is 7.99. The van der Waals surface area contributed by atoms with E-state index in [1.54, 1.807) is 24.3 Å². The zero-order chi connectivity index (χ0) is 18.4. The van der Waals surface area contributed by atoms with Gasteiger partial charge in [-0.15, -0.1) is 0 Å². The zero-order valence-electron chi connectivity index (χ0n) is 13.4. The highest BCUT2D eigenvalue weighted by atomic mass is 32.2. The first kappa shape index (κ1) is 18.5. The van der Waals surface area contributed by atoms with Crippen molar-refractivity contribution in [3.05, 3.63) is 34.6 Å². The molecule has 1 aromatic heterocycles. The van der Waals surface area contributed by atoms with Crippen LogP contribution in [0.3, 0.4) is 0 Å². The lowest BCUT2D eigenvalue weighted by Gasteiger charge is -2.12. The third-order valence-corrected chi connectivity index (χ3v) is 4.11. The number of thioether (sulfide) groups is 1. The topological polar surface area (TPSA) is 133 Å². The minimum atomic E-state index is -0.662. The van der Waals surface area contributed by atoms with Crippen LogP contribution in [0.5, 0.6) is 0 Å². The Morgan fingerprint density at radius 3 is 2.72 bits per heavy atom. The summed E-state index contributed by atoms with van der Waals surface area (Å²) < 4.78 is 5.75. The third kappa shape index (κ3) is 4.80. The van der Waals surface area contributed by atoms with Gasteiger partial charge in [0.2, 0.25) is 11.8 Å². The van der Waals surface area contributed by atoms with E-state index in [0.29, 0.717) is 10.9 Å². The maximum absolute atomic E-state index is 12.6. The van der Waals surface area contributed by atoms with Crippen molar-refractivity contribution >= 4 is 40.4 Å². The van der Waals surface area contributed by atoms with Crippen LogP contribution in [0.25, 0.3) is 10.9 Å². The number of esters is 1. The molecule has 0 saturated carbocycles. The molecule has 2 rings (SSSR count). The van der Waals surface area contributed by atoms with Crippen LogP contribution in [0.2, 0.25) is 0 Å². The quantitative estimate of drug-likeness (QED) is 0.375. The number of nitrogens with two attached hydrogens (primary N) is 1. The summed E-state index contributed by atoms with van der Waals surface area (Å²) in [4.78, 5) is 50.9. The van der Waals surface area contributed by atoms with Gasteiger partial charge in [-0.2, -0.15) is 0 Å². The predicted molar refractivity (Wildman–Crippen MR) is 90.9 cm³/mol. The van der Waals surface area contributed by atoms with Gasteiger partial charge in [0.15, 0.2) is 5.16 Å². The van der Waals surface area contributed by atoms with E-state index in [-0.39, 0.29) is 24.0 Å². The van der Waals surface area contributed by atoms with E-state index in [0.717, 1.165) is 16.3 Å². The number of methoxy groups -OCH3 is 1. The Hall–Kier alpha value is -2.88. The number of rotatable bonds is 7. The summed E-state index contributed by atoms with van der Waals surface area (Å²) in [6.45, 7) is -0.599. The normalized spacial score (nSPS) is 10.4. The second kappa shape index (κ2) is 8.29. The number of amides is 2. The lowest BCUT2D eigenvalue weighted by atomic mass is 10.2. The van der Waals surface area contributed by atoms with E-state index in [1.165, 1.54) is 7.11 Å². The van der Waals surface area contributed by atoms with Crippen LogP contribution in [0.4, 0.5) is 0 Å². The molecule has 9 nitrogen and oxygen atoms in total. The first-order valence-corrected chi connectivity index (χ1v) is 8.15. The number of fused-ring (bicyclic) bond motifs is 1. The molecule has 0 unspecified atom stereocenters. The summed E-state index contributed by atoms with van der Waals surface area (Å²) in [6.07, 6.45) is 0. The largest absolute Gasteiger partial charge is 0.468 e. The van der Waals surface area contributed by atoms with E-state index < -0.39 is 23.3 Å². The van der Waals surface area contributed by atoms with E-state index in [9.17, 15) is 19.2 Å². The Morgan fingerprint density at radius 1 is 1.32 bits per heavy atom. The number of carbonyl (C=O) groups excluding carboxylic acids is 3. The van der Waals surface area contributed by atoms with Gasteiger partial charge in [0.05, 0.1) is 30.3 Å². The van der Waals surface area contributed by atoms with Crippen molar-refractivity contribution in [3.8, 4) is 0 Å². The highest BCUT2D eigenvalue weighted by Gasteiger charge is 2.16. The molecule has 0 fully saturated rings. The number of primary amides is 1. The van der Waals surface area contributed by atoms with Crippen molar-refractivity contribution in [2.75, 3.05) is 19.4 Å². The van der Waals surface area contributed by atoms with E-state index >= 15 is 0 Å². The molecule has 1 aromatic carbocycles. The third-order valence-electron chi connectivity index (χ3n) is 3.13. The van der Waals surface area contributed by atoms with Crippen LogP contribution in [0.15, 0.2) is 34.2 Å². The number of benzene rings is 1. The van der Waals surface area contributed by atoms with E-state index in [2.05, 4.69) is 15.0 Å². The SMILES string of the molecule is COC(=O)Cn1c(SCC(=O)NCC(N)=O)nc2ccccc2c1=O. The molecule has 1 heterocycles. The van der Waals surface area contributed by atoms with Gasteiger partial charge in [-0.05, 0) is 12.1 Å². The lowest BCUT2D eigenvalue weighted by Crippen LogP contribution is -2.34. The molecule has 0 atom stereocenters. The van der Waals surface area contributed by atoms with Gasteiger partial charge >= 0.3 is 5.97 Å². The van der Waals surface area contributed by atoms with Gasteiger partial charge in [0.1, 0.15) is 6.54 Å². The molecular weight excluding hydrogens is 348 g/mol. The first-order chi connectivity index (χ1) is 11.9. The molecule has 2 aromatic rings. The Morgan fingerprint density at radius 2 is 2.04 bits per heavy atom. The predicted octanol–water partition coefficient (Wildman–Crippen LogP) is -0.737. The highest BCUT2D eigenvalue weighted by Crippen LogP contribution is 2.17. The van der Waals surface area contributed by atoms with Crippen LogP contribution in [0.1, 0.15) is 0 Å². The Labute approximate surface area is 146 Å². The number of para-hydroxylation sites is 1. The minimum Gasteiger partial charge on any atom is -0.468 e. The van der Waals surface area contributed by atoms with Crippen molar-refractivity contribution in [2.24, 2.45) is 5.73 Å². The average molecular weight is 364 g/mol. The maximum Gasteiger partial charge on any atom is 0.325 e. The summed E-state index contributed by atoms with van der Waals surface area (Å²) in [7, 11) is 1.21. The number of hydrogen-bond acceptors (Lipinski definition) is 7. The fourth-order valence-electron chi connectivity index (χ4n) is 1.96. The van der Waals surface area contributed by atoms with Gasteiger partial charge in [-0.25, -0.2) is 4.98 Å². The number of ether oxygens (including phenoxy) is 1. The molecular formula is C15H16N4O5S. The second-order valence-electron chi connectivity index (χ2n) is 4.91. The van der Waals surface area contributed by atoms with E-state index in [1.807, 2.05) is 0 Å². The minimum absolute atomic E-state index is 0.0980. The molecule has 0 spiro atoms. The molecule has 10 heteroatoms. The van der Waals surface area contributed by atoms with Crippen molar-refractivity contribution < 1.29 is 19.1 Å². The Bertz CT molecular complexity index is 880. The van der Waals surface area contributed by atoms with E-state index in [4.69, 9.17) is 5.73 Å². The first-order valence-electron chi connectivity index (χ1n) is 7.16. The molecule has 132 valence electrons. The van der Waals surface area contributed by atoms with Gasteiger partial charge in [-0.1, -0.05) is 23.9 Å². The summed E-state index contributed by atoms with van der Waals surface area (Å²) in [5.41, 5.74) is 5.00. The number of hydrogen-bond donors (Lipinski definition) is 2. The number of nitrogens with one attached hydrogen (secondary N) is 1. The molecule has 0 aliphatic heterocycles. The molecule has 0 aliphatic carbocycles. The molecule has 25 heavy (non-hydrogen) atoms. The summed E-state index contributed by atoms with van der Waals surface area (Å²) in [5.74, 6) is -1.82. The second-order valence-corrected chi connectivity index (χ2v) is 5.85. The zero-order valence-corrected chi connectivity index (χ0v) is 14.2. The maximum atomic E-state index is 12.6. The molecule has 2 amide bonds. The van der Waals surface area contributed by atoms with Crippen LogP contribution in [-0.2, 0) is 25.7 Å². The molecule has 0 aliphatic rings. The van der Waals surface area contributed by atoms with Crippen LogP contribution < -0.4 is 16.6 Å². The van der Waals surface area contributed by atoms with Crippen molar-refractivity contribution in [1.29, 1.82) is 0 Å². The summed E-state index contributed by atoms with van der Waals surface area (Å²) in [6, 6.07) is 6.69. The number of carbonyl (C=O) groups is 3. The molecule has 0 bridgehead atoms. The molecule has 0 radical (unpaired) electrons. The van der Waals surface area contributed by atoms with Gasteiger partial charge < -0.3 is 15.8 Å². The van der Waals surface area contributed by atoms with Crippen molar-refractivity contribution in [3.63, 3.8) is 0 Å². The Kier molecular flexibility index (Phi) is 6.12.